The Balaban J connectivity index is 1.57. The van der Waals surface area contributed by atoms with Gasteiger partial charge in [-0.15, -0.1) is 0 Å². The Morgan fingerprint density at radius 2 is 2.05 bits per heavy atom. The van der Waals surface area contributed by atoms with Gasteiger partial charge in [0.2, 0.25) is 0 Å². The van der Waals surface area contributed by atoms with Gasteiger partial charge in [-0.25, -0.2) is 0 Å². The van der Waals surface area contributed by atoms with Gasteiger partial charge in [-0.1, -0.05) is 19.8 Å². The SMILES string of the molecule is CC1CCCC(NCCN(C)CC2CCCN2C)C1. The molecule has 19 heavy (non-hydrogen) atoms. The van der Waals surface area contributed by atoms with E-state index in [2.05, 4.69) is 36.1 Å². The maximum absolute atomic E-state index is 3.76. The van der Waals surface area contributed by atoms with Crippen LogP contribution in [0.15, 0.2) is 0 Å². The third-order valence-corrected chi connectivity index (χ3v) is 5.06. The predicted octanol–water partition coefficient (Wildman–Crippen LogP) is 2.18. The number of hydrogen-bond acceptors (Lipinski definition) is 3. The van der Waals surface area contributed by atoms with Gasteiger partial charge in [0.05, 0.1) is 0 Å². The molecule has 0 radical (unpaired) electrons. The van der Waals surface area contributed by atoms with Crippen LogP contribution < -0.4 is 5.32 Å². The molecule has 3 nitrogen and oxygen atoms in total. The van der Waals surface area contributed by atoms with E-state index < -0.39 is 0 Å². The van der Waals surface area contributed by atoms with Crippen molar-refractivity contribution < 1.29 is 0 Å². The molecule has 0 amide bonds. The Morgan fingerprint density at radius 3 is 2.74 bits per heavy atom. The fraction of sp³-hybridized carbons (Fsp3) is 1.00. The fourth-order valence-corrected chi connectivity index (χ4v) is 3.74. The van der Waals surface area contributed by atoms with Crippen molar-refractivity contribution in [3.05, 3.63) is 0 Å². The fourth-order valence-electron chi connectivity index (χ4n) is 3.74. The Bertz CT molecular complexity index is 256. The topological polar surface area (TPSA) is 18.5 Å². The van der Waals surface area contributed by atoms with E-state index in [1.807, 2.05) is 0 Å². The van der Waals surface area contributed by atoms with Crippen molar-refractivity contribution in [2.24, 2.45) is 5.92 Å². The number of hydrogen-bond donors (Lipinski definition) is 1. The molecule has 112 valence electrons. The second-order valence-electron chi connectivity index (χ2n) is 6.96. The number of likely N-dealkylation sites (N-methyl/N-ethyl adjacent to an activating group) is 2. The van der Waals surface area contributed by atoms with Crippen molar-refractivity contribution in [2.75, 3.05) is 40.3 Å². The lowest BCUT2D eigenvalue weighted by molar-refractivity contribution is 0.214. The molecule has 3 heteroatoms. The first-order valence-electron chi connectivity index (χ1n) is 8.27. The van der Waals surface area contributed by atoms with E-state index in [9.17, 15) is 0 Å². The van der Waals surface area contributed by atoms with Gasteiger partial charge in [0.15, 0.2) is 0 Å². The van der Waals surface area contributed by atoms with E-state index in [1.54, 1.807) is 0 Å². The third-order valence-electron chi connectivity index (χ3n) is 5.06. The van der Waals surface area contributed by atoms with Gasteiger partial charge in [-0.05, 0) is 52.2 Å². The lowest BCUT2D eigenvalue weighted by atomic mass is 9.87. The molecule has 2 fully saturated rings. The van der Waals surface area contributed by atoms with Crippen LogP contribution >= 0.6 is 0 Å². The highest BCUT2D eigenvalue weighted by Crippen LogP contribution is 2.23. The van der Waals surface area contributed by atoms with Crippen LogP contribution in [0.4, 0.5) is 0 Å². The summed E-state index contributed by atoms with van der Waals surface area (Å²) in [6, 6.07) is 1.58. The molecule has 3 atom stereocenters. The number of nitrogens with zero attached hydrogens (tertiary/aromatic N) is 2. The van der Waals surface area contributed by atoms with Gasteiger partial charge in [-0.3, -0.25) is 0 Å². The van der Waals surface area contributed by atoms with Gasteiger partial charge < -0.3 is 15.1 Å². The van der Waals surface area contributed by atoms with E-state index in [0.29, 0.717) is 0 Å². The molecule has 1 aliphatic heterocycles. The highest BCUT2D eigenvalue weighted by Gasteiger charge is 2.22. The van der Waals surface area contributed by atoms with E-state index in [-0.39, 0.29) is 0 Å². The second-order valence-corrected chi connectivity index (χ2v) is 6.96. The summed E-state index contributed by atoms with van der Waals surface area (Å²) in [6.45, 7) is 7.27. The van der Waals surface area contributed by atoms with Crippen LogP contribution in [0, 0.1) is 5.92 Å². The van der Waals surface area contributed by atoms with E-state index in [0.717, 1.165) is 24.5 Å². The standard InChI is InChI=1S/C16H33N3/c1-14-6-4-7-15(12-14)17-9-11-18(2)13-16-8-5-10-19(16)3/h14-17H,4-13H2,1-3H3. The zero-order valence-corrected chi connectivity index (χ0v) is 13.2. The Hall–Kier alpha value is -0.120. The van der Waals surface area contributed by atoms with Crippen molar-refractivity contribution in [1.82, 2.24) is 15.1 Å². The smallest absolute Gasteiger partial charge is 0.0220 e. The van der Waals surface area contributed by atoms with Gasteiger partial charge in [0.25, 0.3) is 0 Å². The molecule has 1 saturated heterocycles. The van der Waals surface area contributed by atoms with Gasteiger partial charge >= 0.3 is 0 Å². The summed E-state index contributed by atoms with van der Waals surface area (Å²) in [5.41, 5.74) is 0. The molecule has 3 unspecified atom stereocenters. The first kappa shape index (κ1) is 15.3. The molecule has 1 N–H and O–H groups in total. The molecule has 1 saturated carbocycles. The number of likely N-dealkylation sites (tertiary alicyclic amines) is 1. The second kappa shape index (κ2) is 7.61. The molecule has 2 aliphatic rings. The van der Waals surface area contributed by atoms with Crippen molar-refractivity contribution in [3.63, 3.8) is 0 Å². The van der Waals surface area contributed by atoms with E-state index in [1.165, 1.54) is 58.2 Å². The lowest BCUT2D eigenvalue weighted by Gasteiger charge is -2.29. The predicted molar refractivity (Wildman–Crippen MR) is 82.6 cm³/mol. The summed E-state index contributed by atoms with van der Waals surface area (Å²) < 4.78 is 0. The van der Waals surface area contributed by atoms with Gasteiger partial charge in [0.1, 0.15) is 0 Å². The molecule has 0 aromatic rings. The van der Waals surface area contributed by atoms with Crippen LogP contribution in [-0.4, -0.2) is 62.2 Å². The number of rotatable bonds is 6. The average Bonchev–Trinajstić information content (AvgIpc) is 2.75. The molecule has 0 aromatic carbocycles. The molecular formula is C16H33N3. The highest BCUT2D eigenvalue weighted by atomic mass is 15.2. The quantitative estimate of drug-likeness (QED) is 0.796. The minimum Gasteiger partial charge on any atom is -0.313 e. The van der Waals surface area contributed by atoms with Crippen LogP contribution in [-0.2, 0) is 0 Å². The van der Waals surface area contributed by atoms with Crippen molar-refractivity contribution in [3.8, 4) is 0 Å². The van der Waals surface area contributed by atoms with Crippen molar-refractivity contribution >= 4 is 0 Å². The summed E-state index contributed by atoms with van der Waals surface area (Å²) in [6.07, 6.45) is 8.39. The van der Waals surface area contributed by atoms with Gasteiger partial charge in [-0.2, -0.15) is 0 Å². The first-order valence-corrected chi connectivity index (χ1v) is 8.27. The maximum Gasteiger partial charge on any atom is 0.0220 e. The minimum atomic E-state index is 0.784. The monoisotopic (exact) mass is 267 g/mol. The molecule has 2 rings (SSSR count). The average molecular weight is 267 g/mol. The molecule has 1 heterocycles. The van der Waals surface area contributed by atoms with E-state index in [4.69, 9.17) is 0 Å². The summed E-state index contributed by atoms with van der Waals surface area (Å²) in [4.78, 5) is 5.03. The van der Waals surface area contributed by atoms with Crippen molar-refractivity contribution in [2.45, 2.75) is 57.5 Å². The van der Waals surface area contributed by atoms with Crippen LogP contribution in [0.2, 0.25) is 0 Å². The van der Waals surface area contributed by atoms with Crippen LogP contribution in [0.1, 0.15) is 45.4 Å². The normalized spacial score (nSPS) is 33.2. The highest BCUT2D eigenvalue weighted by molar-refractivity contribution is 4.80. The molecular weight excluding hydrogens is 234 g/mol. The molecule has 0 aromatic heterocycles. The van der Waals surface area contributed by atoms with Crippen LogP contribution in [0.25, 0.3) is 0 Å². The molecule has 1 aliphatic carbocycles. The maximum atomic E-state index is 3.76. The molecule has 0 bridgehead atoms. The largest absolute Gasteiger partial charge is 0.313 e. The molecule has 0 spiro atoms. The summed E-state index contributed by atoms with van der Waals surface area (Å²) in [7, 11) is 4.55. The summed E-state index contributed by atoms with van der Waals surface area (Å²) in [5.74, 6) is 0.927. The Kier molecular flexibility index (Phi) is 6.11. The minimum absolute atomic E-state index is 0.784. The van der Waals surface area contributed by atoms with Gasteiger partial charge in [0, 0.05) is 31.7 Å². The van der Waals surface area contributed by atoms with Crippen LogP contribution in [0.3, 0.4) is 0 Å². The lowest BCUT2D eigenvalue weighted by Crippen LogP contribution is -2.42. The van der Waals surface area contributed by atoms with Crippen LogP contribution in [0.5, 0.6) is 0 Å². The van der Waals surface area contributed by atoms with Crippen molar-refractivity contribution in [1.29, 1.82) is 0 Å². The summed E-state index contributed by atoms with van der Waals surface area (Å²) >= 11 is 0. The summed E-state index contributed by atoms with van der Waals surface area (Å²) in [5, 5.41) is 3.76. The zero-order valence-electron chi connectivity index (χ0n) is 13.2. The zero-order chi connectivity index (χ0) is 13.7. The third kappa shape index (κ3) is 5.05. The Morgan fingerprint density at radius 1 is 1.21 bits per heavy atom. The number of nitrogens with one attached hydrogen (secondary N) is 1. The van der Waals surface area contributed by atoms with E-state index >= 15 is 0 Å². The first-order chi connectivity index (χ1) is 9.15. The Labute approximate surface area is 119 Å².